The number of hydrogen-bond acceptors (Lipinski definition) is 3. The molecule has 0 aliphatic carbocycles. The van der Waals surface area contributed by atoms with E-state index in [4.69, 9.17) is 5.11 Å². The summed E-state index contributed by atoms with van der Waals surface area (Å²) in [7, 11) is 1.60. The van der Waals surface area contributed by atoms with Crippen molar-refractivity contribution in [3.8, 4) is 11.1 Å². The van der Waals surface area contributed by atoms with Crippen molar-refractivity contribution in [3.63, 3.8) is 0 Å². The summed E-state index contributed by atoms with van der Waals surface area (Å²) in [4.78, 5) is 18.9. The molecule has 1 fully saturated rings. The number of rotatable bonds is 3. The number of anilines is 1. The van der Waals surface area contributed by atoms with Crippen molar-refractivity contribution in [2.24, 2.45) is 0 Å². The highest BCUT2D eigenvalue weighted by atomic mass is 19.1. The molecule has 1 unspecified atom stereocenters. The molecule has 1 atom stereocenters. The molecular weight excluding hydrogens is 297 g/mol. The lowest BCUT2D eigenvalue weighted by Crippen LogP contribution is -2.38. The van der Waals surface area contributed by atoms with E-state index in [9.17, 15) is 9.18 Å². The van der Waals surface area contributed by atoms with Crippen LogP contribution in [0.4, 0.5) is 15.0 Å². The summed E-state index contributed by atoms with van der Waals surface area (Å²) < 4.78 is 13.0. The normalized spacial score (nSPS) is 17.3. The Morgan fingerprint density at radius 2 is 1.96 bits per heavy atom. The van der Waals surface area contributed by atoms with Crippen molar-refractivity contribution < 1.29 is 14.3 Å². The van der Waals surface area contributed by atoms with Crippen molar-refractivity contribution in [1.29, 1.82) is 0 Å². The Bertz CT molecular complexity index is 688. The topological polar surface area (TPSA) is 56.7 Å². The highest BCUT2D eigenvalue weighted by molar-refractivity contribution is 5.66. The fraction of sp³-hybridized carbons (Fsp3) is 0.294. The van der Waals surface area contributed by atoms with Gasteiger partial charge < -0.3 is 14.9 Å². The molecule has 2 heterocycles. The lowest BCUT2D eigenvalue weighted by molar-refractivity contribution is 0.142. The lowest BCUT2D eigenvalue weighted by Gasteiger charge is -2.22. The molecule has 0 radical (unpaired) electrons. The summed E-state index contributed by atoms with van der Waals surface area (Å²) >= 11 is 0. The molecule has 1 N–H and O–H groups in total. The molecule has 3 rings (SSSR count). The molecule has 0 bridgehead atoms. The Morgan fingerprint density at radius 3 is 2.57 bits per heavy atom. The van der Waals surface area contributed by atoms with E-state index in [-0.39, 0.29) is 11.9 Å². The van der Waals surface area contributed by atoms with E-state index in [0.717, 1.165) is 29.9 Å². The largest absolute Gasteiger partial charge is 0.465 e. The average molecular weight is 315 g/mol. The number of amides is 1. The number of likely N-dealkylation sites (N-methyl/N-ethyl adjacent to an activating group) is 1. The zero-order valence-corrected chi connectivity index (χ0v) is 12.8. The third-order valence-corrected chi connectivity index (χ3v) is 4.26. The minimum atomic E-state index is -0.906. The van der Waals surface area contributed by atoms with Crippen molar-refractivity contribution in [2.45, 2.75) is 12.5 Å². The molecule has 1 aromatic heterocycles. The molecule has 1 aliphatic heterocycles. The van der Waals surface area contributed by atoms with Crippen LogP contribution >= 0.6 is 0 Å². The van der Waals surface area contributed by atoms with Crippen LogP contribution < -0.4 is 4.90 Å². The summed E-state index contributed by atoms with van der Waals surface area (Å²) in [6.07, 6.45) is 1.65. The smallest absolute Gasteiger partial charge is 0.407 e. The summed E-state index contributed by atoms with van der Waals surface area (Å²) in [5.74, 6) is 0.570. The van der Waals surface area contributed by atoms with Gasteiger partial charge in [0.1, 0.15) is 11.6 Å². The first-order valence-electron chi connectivity index (χ1n) is 7.47. The Hall–Kier alpha value is -2.63. The number of hydrogen-bond donors (Lipinski definition) is 1. The van der Waals surface area contributed by atoms with E-state index in [0.29, 0.717) is 6.54 Å². The molecule has 23 heavy (non-hydrogen) atoms. The number of pyridine rings is 1. The number of halogens is 1. The van der Waals surface area contributed by atoms with E-state index in [2.05, 4.69) is 9.88 Å². The van der Waals surface area contributed by atoms with Crippen LogP contribution in [0.3, 0.4) is 0 Å². The van der Waals surface area contributed by atoms with Crippen molar-refractivity contribution >= 4 is 11.9 Å². The summed E-state index contributed by atoms with van der Waals surface area (Å²) in [5.41, 5.74) is 1.84. The van der Waals surface area contributed by atoms with Gasteiger partial charge in [-0.05, 0) is 36.2 Å². The SMILES string of the molecule is CN(C(=O)O)C1CCN(c2ccc(-c3ccc(F)cc3)cn2)C1. The van der Waals surface area contributed by atoms with E-state index >= 15 is 0 Å². The van der Waals surface area contributed by atoms with Gasteiger partial charge in [0.15, 0.2) is 0 Å². The number of aromatic nitrogens is 1. The van der Waals surface area contributed by atoms with Gasteiger partial charge in [0.2, 0.25) is 0 Å². The summed E-state index contributed by atoms with van der Waals surface area (Å²) in [6.45, 7) is 1.43. The van der Waals surface area contributed by atoms with Crippen LogP contribution in [-0.4, -0.2) is 47.3 Å². The Morgan fingerprint density at radius 1 is 1.26 bits per heavy atom. The highest BCUT2D eigenvalue weighted by Crippen LogP contribution is 2.24. The highest BCUT2D eigenvalue weighted by Gasteiger charge is 2.28. The quantitative estimate of drug-likeness (QED) is 0.946. The lowest BCUT2D eigenvalue weighted by atomic mass is 10.1. The standard InChI is InChI=1S/C17H18FN3O2/c1-20(17(22)23)15-8-9-21(11-15)16-7-4-13(10-19-16)12-2-5-14(18)6-3-12/h2-7,10,15H,8-9,11H2,1H3,(H,22,23). The maximum Gasteiger partial charge on any atom is 0.407 e. The first kappa shape index (κ1) is 15.3. The molecule has 0 saturated carbocycles. The second-order valence-corrected chi connectivity index (χ2v) is 5.69. The van der Waals surface area contributed by atoms with E-state index in [1.807, 2.05) is 12.1 Å². The van der Waals surface area contributed by atoms with E-state index in [1.54, 1.807) is 25.4 Å². The van der Waals surface area contributed by atoms with Crippen molar-refractivity contribution in [1.82, 2.24) is 9.88 Å². The van der Waals surface area contributed by atoms with Crippen LogP contribution in [0.25, 0.3) is 11.1 Å². The Kier molecular flexibility index (Phi) is 4.14. The van der Waals surface area contributed by atoms with Gasteiger partial charge in [-0.1, -0.05) is 12.1 Å². The zero-order chi connectivity index (χ0) is 16.4. The van der Waals surface area contributed by atoms with Gasteiger partial charge in [-0.2, -0.15) is 0 Å². The molecule has 6 heteroatoms. The molecule has 0 spiro atoms. The van der Waals surface area contributed by atoms with Crippen molar-refractivity contribution in [2.75, 3.05) is 25.0 Å². The Labute approximate surface area is 134 Å². The van der Waals surface area contributed by atoms with Gasteiger partial charge in [-0.3, -0.25) is 0 Å². The maximum absolute atomic E-state index is 13.0. The van der Waals surface area contributed by atoms with Gasteiger partial charge in [-0.15, -0.1) is 0 Å². The molecule has 1 aromatic carbocycles. The van der Waals surface area contributed by atoms with Crippen LogP contribution in [0.5, 0.6) is 0 Å². The molecule has 2 aromatic rings. The predicted molar refractivity (Wildman–Crippen MR) is 86.0 cm³/mol. The molecule has 5 nitrogen and oxygen atoms in total. The summed E-state index contributed by atoms with van der Waals surface area (Å²) in [6, 6.07) is 10.2. The molecule has 1 aliphatic rings. The van der Waals surface area contributed by atoms with Gasteiger partial charge in [0, 0.05) is 31.9 Å². The predicted octanol–water partition coefficient (Wildman–Crippen LogP) is 3.08. The van der Waals surface area contributed by atoms with Crippen LogP contribution in [0.2, 0.25) is 0 Å². The fourth-order valence-electron chi connectivity index (χ4n) is 2.81. The monoisotopic (exact) mass is 315 g/mol. The zero-order valence-electron chi connectivity index (χ0n) is 12.8. The molecule has 1 amide bonds. The van der Waals surface area contributed by atoms with Gasteiger partial charge in [0.25, 0.3) is 0 Å². The molecule has 1 saturated heterocycles. The fourth-order valence-corrected chi connectivity index (χ4v) is 2.81. The van der Waals surface area contributed by atoms with Gasteiger partial charge >= 0.3 is 6.09 Å². The minimum absolute atomic E-state index is 0.00826. The average Bonchev–Trinajstić information content (AvgIpc) is 3.05. The Balaban J connectivity index is 1.71. The van der Waals surface area contributed by atoms with Gasteiger partial charge in [-0.25, -0.2) is 14.2 Å². The maximum atomic E-state index is 13.0. The minimum Gasteiger partial charge on any atom is -0.465 e. The third kappa shape index (κ3) is 3.26. The van der Waals surface area contributed by atoms with Crippen LogP contribution in [0.1, 0.15) is 6.42 Å². The van der Waals surface area contributed by atoms with Crippen LogP contribution in [0, 0.1) is 5.82 Å². The number of benzene rings is 1. The van der Waals surface area contributed by atoms with Crippen LogP contribution in [-0.2, 0) is 0 Å². The van der Waals surface area contributed by atoms with Crippen molar-refractivity contribution in [3.05, 3.63) is 48.4 Å². The second-order valence-electron chi connectivity index (χ2n) is 5.69. The number of carboxylic acid groups (broad SMARTS) is 1. The van der Waals surface area contributed by atoms with E-state index < -0.39 is 6.09 Å². The second kappa shape index (κ2) is 6.24. The number of nitrogens with zero attached hydrogens (tertiary/aromatic N) is 3. The van der Waals surface area contributed by atoms with E-state index in [1.165, 1.54) is 17.0 Å². The third-order valence-electron chi connectivity index (χ3n) is 4.26. The molecular formula is C17H18FN3O2. The summed E-state index contributed by atoms with van der Waals surface area (Å²) in [5, 5.41) is 9.05. The molecule has 120 valence electrons. The van der Waals surface area contributed by atoms with Gasteiger partial charge in [0.05, 0.1) is 6.04 Å². The first-order valence-corrected chi connectivity index (χ1v) is 7.47. The number of carbonyl (C=O) groups is 1. The first-order chi connectivity index (χ1) is 11.0. The van der Waals surface area contributed by atoms with Crippen LogP contribution in [0.15, 0.2) is 42.6 Å².